The van der Waals surface area contributed by atoms with Crippen molar-refractivity contribution in [2.24, 2.45) is 5.41 Å². The highest BCUT2D eigenvalue weighted by molar-refractivity contribution is 4.98. The molecule has 1 fully saturated rings. The number of rotatable bonds is 3. The molecular formula is C10H17NO. The molecule has 2 nitrogen and oxygen atoms in total. The minimum Gasteiger partial charge on any atom is -0.380 e. The maximum Gasteiger partial charge on any atom is 0.0554 e. The molecule has 1 aliphatic carbocycles. The lowest BCUT2D eigenvalue weighted by atomic mass is 9.88. The standard InChI is InChI=1S/C10H17NO/c1-10(7-12-8-10)6-11-9-4-2-3-5-9/h2-3,9,11H,4-8H2,1H3. The van der Waals surface area contributed by atoms with E-state index < -0.39 is 0 Å². The maximum absolute atomic E-state index is 5.20. The largest absolute Gasteiger partial charge is 0.380 e. The molecule has 0 saturated carbocycles. The Hall–Kier alpha value is -0.340. The summed E-state index contributed by atoms with van der Waals surface area (Å²) >= 11 is 0. The first kappa shape index (κ1) is 8.27. The van der Waals surface area contributed by atoms with Gasteiger partial charge in [0.25, 0.3) is 0 Å². The molecule has 0 amide bonds. The van der Waals surface area contributed by atoms with E-state index in [1.165, 1.54) is 12.8 Å². The fraction of sp³-hybridized carbons (Fsp3) is 0.800. The van der Waals surface area contributed by atoms with Crippen LogP contribution in [0.15, 0.2) is 12.2 Å². The lowest BCUT2D eigenvalue weighted by molar-refractivity contribution is -0.0999. The minimum atomic E-state index is 0.419. The van der Waals surface area contributed by atoms with E-state index in [0.29, 0.717) is 11.5 Å². The fourth-order valence-electron chi connectivity index (χ4n) is 1.73. The van der Waals surface area contributed by atoms with Gasteiger partial charge in [0.15, 0.2) is 0 Å². The average molecular weight is 167 g/mol. The van der Waals surface area contributed by atoms with Crippen LogP contribution in [0.25, 0.3) is 0 Å². The number of nitrogens with one attached hydrogen (secondary N) is 1. The van der Waals surface area contributed by atoms with Crippen LogP contribution in [0.4, 0.5) is 0 Å². The molecule has 1 aliphatic heterocycles. The van der Waals surface area contributed by atoms with Gasteiger partial charge in [0.05, 0.1) is 13.2 Å². The van der Waals surface area contributed by atoms with E-state index in [1.54, 1.807) is 0 Å². The lowest BCUT2D eigenvalue weighted by Gasteiger charge is -2.39. The summed E-state index contributed by atoms with van der Waals surface area (Å²) in [5.41, 5.74) is 0.419. The van der Waals surface area contributed by atoms with Crippen molar-refractivity contribution < 1.29 is 4.74 Å². The van der Waals surface area contributed by atoms with Crippen LogP contribution in [-0.2, 0) is 4.74 Å². The van der Waals surface area contributed by atoms with Crippen molar-refractivity contribution >= 4 is 0 Å². The molecule has 0 bridgehead atoms. The average Bonchev–Trinajstić information content (AvgIpc) is 2.49. The third-order valence-electron chi connectivity index (χ3n) is 2.73. The molecule has 0 radical (unpaired) electrons. The topological polar surface area (TPSA) is 21.3 Å². The number of hydrogen-bond acceptors (Lipinski definition) is 2. The van der Waals surface area contributed by atoms with Gasteiger partial charge in [0.1, 0.15) is 0 Å². The molecule has 0 unspecified atom stereocenters. The van der Waals surface area contributed by atoms with E-state index in [1.807, 2.05) is 0 Å². The number of ether oxygens (including phenoxy) is 1. The van der Waals surface area contributed by atoms with Gasteiger partial charge in [-0.15, -0.1) is 0 Å². The second-order valence-corrected chi connectivity index (χ2v) is 4.32. The normalized spacial score (nSPS) is 27.4. The zero-order valence-electron chi connectivity index (χ0n) is 7.68. The van der Waals surface area contributed by atoms with Crippen LogP contribution >= 0.6 is 0 Å². The molecule has 2 heteroatoms. The number of hydrogen-bond donors (Lipinski definition) is 1. The second-order valence-electron chi connectivity index (χ2n) is 4.32. The zero-order chi connectivity index (χ0) is 8.44. The van der Waals surface area contributed by atoms with Crippen molar-refractivity contribution in [3.8, 4) is 0 Å². The second kappa shape index (κ2) is 3.19. The van der Waals surface area contributed by atoms with E-state index >= 15 is 0 Å². The van der Waals surface area contributed by atoms with E-state index in [9.17, 15) is 0 Å². The Morgan fingerprint density at radius 2 is 2.08 bits per heavy atom. The summed E-state index contributed by atoms with van der Waals surface area (Å²) in [6.07, 6.45) is 6.93. The molecule has 1 saturated heterocycles. The maximum atomic E-state index is 5.20. The summed E-state index contributed by atoms with van der Waals surface area (Å²) in [6.45, 7) is 5.26. The Balaban J connectivity index is 1.67. The van der Waals surface area contributed by atoms with Crippen LogP contribution in [0.2, 0.25) is 0 Å². The van der Waals surface area contributed by atoms with Gasteiger partial charge in [-0.05, 0) is 12.8 Å². The molecular weight excluding hydrogens is 150 g/mol. The zero-order valence-corrected chi connectivity index (χ0v) is 7.68. The predicted molar refractivity (Wildman–Crippen MR) is 49.1 cm³/mol. The summed E-state index contributed by atoms with van der Waals surface area (Å²) in [5.74, 6) is 0. The van der Waals surface area contributed by atoms with E-state index in [2.05, 4.69) is 24.4 Å². The molecule has 1 heterocycles. The minimum absolute atomic E-state index is 0.419. The smallest absolute Gasteiger partial charge is 0.0554 e. The van der Waals surface area contributed by atoms with Crippen LogP contribution < -0.4 is 5.32 Å². The lowest BCUT2D eigenvalue weighted by Crippen LogP contribution is -2.49. The molecule has 0 spiro atoms. The summed E-state index contributed by atoms with van der Waals surface area (Å²) < 4.78 is 5.20. The van der Waals surface area contributed by atoms with Crippen LogP contribution in [0.1, 0.15) is 19.8 Å². The molecule has 12 heavy (non-hydrogen) atoms. The van der Waals surface area contributed by atoms with Gasteiger partial charge in [0, 0.05) is 18.0 Å². The van der Waals surface area contributed by atoms with Gasteiger partial charge in [-0.2, -0.15) is 0 Å². The van der Waals surface area contributed by atoms with Crippen LogP contribution in [0.5, 0.6) is 0 Å². The summed E-state index contributed by atoms with van der Waals surface area (Å²) in [5, 5.41) is 3.58. The monoisotopic (exact) mass is 167 g/mol. The first-order valence-corrected chi connectivity index (χ1v) is 4.75. The Bertz CT molecular complexity index is 176. The molecule has 2 aliphatic rings. The van der Waals surface area contributed by atoms with Crippen LogP contribution in [0, 0.1) is 5.41 Å². The van der Waals surface area contributed by atoms with Crippen molar-refractivity contribution in [1.29, 1.82) is 0 Å². The Morgan fingerprint density at radius 1 is 1.42 bits per heavy atom. The molecule has 68 valence electrons. The Labute approximate surface area is 74.0 Å². The Kier molecular flexibility index (Phi) is 2.20. The van der Waals surface area contributed by atoms with Gasteiger partial charge in [0.2, 0.25) is 0 Å². The van der Waals surface area contributed by atoms with Crippen molar-refractivity contribution in [3.05, 3.63) is 12.2 Å². The summed E-state index contributed by atoms with van der Waals surface area (Å²) in [7, 11) is 0. The van der Waals surface area contributed by atoms with Crippen molar-refractivity contribution in [2.45, 2.75) is 25.8 Å². The van der Waals surface area contributed by atoms with E-state index in [-0.39, 0.29) is 0 Å². The van der Waals surface area contributed by atoms with Crippen molar-refractivity contribution in [2.75, 3.05) is 19.8 Å². The highest BCUT2D eigenvalue weighted by Crippen LogP contribution is 2.25. The summed E-state index contributed by atoms with van der Waals surface area (Å²) in [6, 6.07) is 0.697. The highest BCUT2D eigenvalue weighted by atomic mass is 16.5. The van der Waals surface area contributed by atoms with Crippen molar-refractivity contribution in [3.63, 3.8) is 0 Å². The molecule has 0 aromatic carbocycles. The van der Waals surface area contributed by atoms with Gasteiger partial charge in [-0.25, -0.2) is 0 Å². The first-order valence-electron chi connectivity index (χ1n) is 4.75. The van der Waals surface area contributed by atoms with Gasteiger partial charge in [-0.1, -0.05) is 19.1 Å². The molecule has 0 aromatic rings. The van der Waals surface area contributed by atoms with Gasteiger partial charge >= 0.3 is 0 Å². The highest BCUT2D eigenvalue weighted by Gasteiger charge is 2.33. The third kappa shape index (κ3) is 1.70. The molecule has 2 rings (SSSR count). The SMILES string of the molecule is CC1(CNC2CC=CC2)COC1. The predicted octanol–water partition coefficient (Wildman–Crippen LogP) is 1.33. The van der Waals surface area contributed by atoms with E-state index in [4.69, 9.17) is 4.74 Å². The molecule has 0 aromatic heterocycles. The fourth-order valence-corrected chi connectivity index (χ4v) is 1.73. The van der Waals surface area contributed by atoms with Crippen LogP contribution in [-0.4, -0.2) is 25.8 Å². The molecule has 1 N–H and O–H groups in total. The van der Waals surface area contributed by atoms with Crippen molar-refractivity contribution in [1.82, 2.24) is 5.32 Å². The Morgan fingerprint density at radius 3 is 2.58 bits per heavy atom. The van der Waals surface area contributed by atoms with Gasteiger partial charge in [-0.3, -0.25) is 0 Å². The quantitative estimate of drug-likeness (QED) is 0.640. The third-order valence-corrected chi connectivity index (χ3v) is 2.73. The van der Waals surface area contributed by atoms with Crippen LogP contribution in [0.3, 0.4) is 0 Å². The van der Waals surface area contributed by atoms with E-state index in [0.717, 1.165) is 19.8 Å². The molecule has 0 atom stereocenters. The van der Waals surface area contributed by atoms with Gasteiger partial charge < -0.3 is 10.1 Å². The first-order chi connectivity index (χ1) is 5.79. The summed E-state index contributed by atoms with van der Waals surface area (Å²) in [4.78, 5) is 0.